The molecule has 1 fully saturated rings. The average Bonchev–Trinajstić information content (AvgIpc) is 3.34. The van der Waals surface area contributed by atoms with E-state index in [0.29, 0.717) is 27.5 Å². The highest BCUT2D eigenvalue weighted by Crippen LogP contribution is 2.39. The van der Waals surface area contributed by atoms with Crippen LogP contribution in [-0.2, 0) is 22.4 Å². The van der Waals surface area contributed by atoms with Crippen LogP contribution < -0.4 is 10.2 Å². The van der Waals surface area contributed by atoms with E-state index in [1.54, 1.807) is 24.3 Å². The average molecular weight is 568 g/mol. The Bertz CT molecular complexity index is 1480. The maximum absolute atomic E-state index is 13.3. The topological polar surface area (TPSA) is 109 Å². The molecule has 3 aromatic rings. The number of fused-ring (bicyclic) bond motifs is 1. The van der Waals surface area contributed by atoms with E-state index in [-0.39, 0.29) is 5.57 Å². The minimum absolute atomic E-state index is 0.179. The molecule has 0 radical (unpaired) electrons. The Morgan fingerprint density at radius 1 is 1.11 bits per heavy atom. The summed E-state index contributed by atoms with van der Waals surface area (Å²) in [5.41, 5.74) is 3.47. The predicted octanol–water partition coefficient (Wildman–Crippen LogP) is 5.16. The summed E-state index contributed by atoms with van der Waals surface area (Å²) in [5.74, 6) is -2.46. The van der Waals surface area contributed by atoms with E-state index >= 15 is 0 Å². The van der Waals surface area contributed by atoms with Crippen molar-refractivity contribution in [2.24, 2.45) is 0 Å². The number of hydrogen-bond donors (Lipinski definition) is 2. The summed E-state index contributed by atoms with van der Waals surface area (Å²) in [6, 6.07) is 7.60. The summed E-state index contributed by atoms with van der Waals surface area (Å²) in [6.45, 7) is 3.69. The number of carboxylic acid groups (broad SMARTS) is 1. The number of halogens is 1. The van der Waals surface area contributed by atoms with Crippen molar-refractivity contribution in [1.29, 1.82) is 0 Å². The lowest BCUT2D eigenvalue weighted by Gasteiger charge is -2.26. The van der Waals surface area contributed by atoms with E-state index in [1.807, 2.05) is 24.5 Å². The van der Waals surface area contributed by atoms with Crippen molar-refractivity contribution in [3.8, 4) is 5.00 Å². The maximum atomic E-state index is 13.3. The van der Waals surface area contributed by atoms with E-state index in [1.165, 1.54) is 17.4 Å². The number of anilines is 1. The number of aryl methyl sites for hydroxylation is 2. The van der Waals surface area contributed by atoms with Crippen molar-refractivity contribution in [1.82, 2.24) is 9.88 Å². The molecule has 2 N–H and O–H groups in total. The second-order valence-electron chi connectivity index (χ2n) is 8.79. The molecule has 1 aliphatic carbocycles. The second kappa shape index (κ2) is 9.18. The first-order valence-electron chi connectivity index (χ1n) is 11.4. The van der Waals surface area contributed by atoms with E-state index in [4.69, 9.17) is 0 Å². The number of barbiturate groups is 1. The zero-order valence-corrected chi connectivity index (χ0v) is 22.0. The van der Waals surface area contributed by atoms with Gasteiger partial charge < -0.3 is 9.67 Å². The van der Waals surface area contributed by atoms with Crippen LogP contribution in [0.5, 0.6) is 0 Å². The Balaban J connectivity index is 1.58. The van der Waals surface area contributed by atoms with Crippen molar-refractivity contribution in [2.75, 3.05) is 4.90 Å². The lowest BCUT2D eigenvalue weighted by molar-refractivity contribution is -0.122. The second-order valence-corrected chi connectivity index (χ2v) is 10.8. The fraction of sp³-hybridized carbons (Fsp3) is 0.231. The molecule has 5 rings (SSSR count). The first kappa shape index (κ1) is 24.2. The highest BCUT2D eigenvalue weighted by molar-refractivity contribution is 9.10. The normalized spacial score (nSPS) is 16.9. The lowest BCUT2D eigenvalue weighted by atomic mass is 9.95. The Kier molecular flexibility index (Phi) is 6.17. The van der Waals surface area contributed by atoms with Crippen LogP contribution in [0, 0.1) is 13.8 Å². The number of amides is 4. The molecule has 8 nitrogen and oxygen atoms in total. The molecule has 36 heavy (non-hydrogen) atoms. The highest BCUT2D eigenvalue weighted by Gasteiger charge is 2.37. The lowest BCUT2D eigenvalue weighted by Crippen LogP contribution is -2.54. The molecule has 2 aliphatic rings. The summed E-state index contributed by atoms with van der Waals surface area (Å²) >= 11 is 4.82. The fourth-order valence-corrected chi connectivity index (χ4v) is 6.57. The number of urea groups is 1. The Labute approximate surface area is 219 Å². The van der Waals surface area contributed by atoms with Gasteiger partial charge in [-0.25, -0.2) is 14.5 Å². The Hall–Kier alpha value is -3.50. The van der Waals surface area contributed by atoms with Crippen LogP contribution in [0.2, 0.25) is 0 Å². The molecule has 0 spiro atoms. The number of aromatic nitrogens is 1. The molecule has 0 bridgehead atoms. The van der Waals surface area contributed by atoms with Crippen LogP contribution in [0.15, 0.2) is 40.4 Å². The number of nitrogens with zero attached hydrogens (tertiary/aromatic N) is 2. The molecule has 4 amide bonds. The van der Waals surface area contributed by atoms with E-state index < -0.39 is 23.8 Å². The Morgan fingerprint density at radius 2 is 1.81 bits per heavy atom. The van der Waals surface area contributed by atoms with Crippen LogP contribution in [0.3, 0.4) is 0 Å². The van der Waals surface area contributed by atoms with Crippen LogP contribution in [0.1, 0.15) is 50.6 Å². The first-order valence-corrected chi connectivity index (χ1v) is 13.0. The van der Waals surface area contributed by atoms with Gasteiger partial charge in [-0.15, -0.1) is 11.3 Å². The largest absolute Gasteiger partial charge is 0.478 e. The molecule has 0 unspecified atom stereocenters. The number of benzene rings is 1. The van der Waals surface area contributed by atoms with Crippen molar-refractivity contribution in [3.63, 3.8) is 0 Å². The van der Waals surface area contributed by atoms with Gasteiger partial charge in [-0.3, -0.25) is 14.9 Å². The summed E-state index contributed by atoms with van der Waals surface area (Å²) in [5, 5.41) is 12.9. The zero-order chi connectivity index (χ0) is 25.7. The molecule has 10 heteroatoms. The number of carbonyl (C=O) groups excluding carboxylic acids is 3. The van der Waals surface area contributed by atoms with Gasteiger partial charge in [0.05, 0.1) is 11.3 Å². The van der Waals surface area contributed by atoms with Gasteiger partial charge >= 0.3 is 12.0 Å². The molecule has 2 aromatic heterocycles. The predicted molar refractivity (Wildman–Crippen MR) is 140 cm³/mol. The molecule has 1 saturated heterocycles. The van der Waals surface area contributed by atoms with Crippen molar-refractivity contribution < 1.29 is 24.3 Å². The molecule has 1 aromatic carbocycles. The third-order valence-corrected chi connectivity index (χ3v) is 8.33. The molecule has 3 heterocycles. The highest BCUT2D eigenvalue weighted by atomic mass is 79.9. The van der Waals surface area contributed by atoms with Gasteiger partial charge in [-0.2, -0.15) is 0 Å². The van der Waals surface area contributed by atoms with Crippen molar-refractivity contribution >= 4 is 62.8 Å². The zero-order valence-electron chi connectivity index (χ0n) is 19.6. The number of nitrogens with one attached hydrogen (secondary N) is 1. The number of carbonyl (C=O) groups is 4. The third-order valence-electron chi connectivity index (χ3n) is 6.53. The fourth-order valence-electron chi connectivity index (χ4n) is 4.81. The molecule has 0 atom stereocenters. The van der Waals surface area contributed by atoms with Crippen LogP contribution in [0.4, 0.5) is 10.5 Å². The van der Waals surface area contributed by atoms with Gasteiger partial charge in [-0.05, 0) is 87.1 Å². The van der Waals surface area contributed by atoms with Gasteiger partial charge in [0.15, 0.2) is 0 Å². The molecular weight excluding hydrogens is 546 g/mol. The summed E-state index contributed by atoms with van der Waals surface area (Å²) in [7, 11) is 0. The summed E-state index contributed by atoms with van der Waals surface area (Å²) in [6.07, 6.45) is 5.08. The van der Waals surface area contributed by atoms with Crippen molar-refractivity contribution in [2.45, 2.75) is 39.5 Å². The number of carboxylic acids is 1. The smallest absolute Gasteiger partial charge is 0.339 e. The SMILES string of the molecule is Cc1cc(/C=C2\C(=O)NC(=O)N(c3ccc(Br)cc3)C2=O)c(C)n1-c1sc2c(c1C(=O)O)CCCC2. The van der Waals surface area contributed by atoms with Crippen LogP contribution in [-0.4, -0.2) is 33.5 Å². The number of thiophene rings is 1. The number of aromatic carboxylic acids is 1. The summed E-state index contributed by atoms with van der Waals surface area (Å²) < 4.78 is 2.66. The van der Waals surface area contributed by atoms with Crippen molar-refractivity contribution in [3.05, 3.63) is 73.3 Å². The third kappa shape index (κ3) is 4.00. The van der Waals surface area contributed by atoms with E-state index in [9.17, 15) is 24.3 Å². The maximum Gasteiger partial charge on any atom is 0.339 e. The van der Waals surface area contributed by atoms with Gasteiger partial charge in [0.25, 0.3) is 11.8 Å². The standard InChI is InChI=1S/C26H22BrN3O5S/c1-13-11-15(14(2)29(13)24-21(25(33)34)18-5-3-4-6-20(18)36-24)12-19-22(31)28-26(35)30(23(19)32)17-9-7-16(27)8-10-17/h7-12H,3-6H2,1-2H3,(H,33,34)(H,28,31,35)/b19-12+. The number of hydrogen-bond acceptors (Lipinski definition) is 5. The minimum atomic E-state index is -0.956. The quantitative estimate of drug-likeness (QED) is 0.334. The van der Waals surface area contributed by atoms with Gasteiger partial charge in [0.2, 0.25) is 0 Å². The van der Waals surface area contributed by atoms with Gasteiger partial charge in [0.1, 0.15) is 10.6 Å². The Morgan fingerprint density at radius 3 is 2.50 bits per heavy atom. The molecule has 0 saturated carbocycles. The summed E-state index contributed by atoms with van der Waals surface area (Å²) in [4.78, 5) is 52.7. The van der Waals surface area contributed by atoms with E-state index in [0.717, 1.165) is 51.2 Å². The number of rotatable bonds is 4. The number of imide groups is 2. The monoisotopic (exact) mass is 567 g/mol. The van der Waals surface area contributed by atoms with E-state index in [2.05, 4.69) is 21.2 Å². The van der Waals surface area contributed by atoms with Gasteiger partial charge in [-0.1, -0.05) is 15.9 Å². The molecule has 1 aliphatic heterocycles. The molecular formula is C26H22BrN3O5S. The first-order chi connectivity index (χ1) is 17.2. The van der Waals surface area contributed by atoms with Crippen LogP contribution in [0.25, 0.3) is 11.1 Å². The molecule has 184 valence electrons. The van der Waals surface area contributed by atoms with Gasteiger partial charge in [0, 0.05) is 20.7 Å². The van der Waals surface area contributed by atoms with Crippen LogP contribution >= 0.6 is 27.3 Å². The minimum Gasteiger partial charge on any atom is -0.478 e.